The van der Waals surface area contributed by atoms with Gasteiger partial charge in [0.15, 0.2) is 5.96 Å². The highest BCUT2D eigenvalue weighted by Gasteiger charge is 2.22. The molecule has 0 saturated carbocycles. The molecule has 1 heterocycles. The Balaban J connectivity index is 1.89. The minimum atomic E-state index is -0.213. The normalized spacial score (nSPS) is 19.4. The zero-order valence-electron chi connectivity index (χ0n) is 13.6. The van der Waals surface area contributed by atoms with Crippen molar-refractivity contribution in [2.24, 2.45) is 4.99 Å². The van der Waals surface area contributed by atoms with Crippen molar-refractivity contribution in [3.8, 4) is 0 Å². The molecule has 0 bridgehead atoms. The second-order valence-electron chi connectivity index (χ2n) is 5.63. The van der Waals surface area contributed by atoms with Crippen LogP contribution < -0.4 is 10.6 Å². The average Bonchev–Trinajstić information content (AvgIpc) is 2.97. The van der Waals surface area contributed by atoms with Crippen LogP contribution in [-0.2, 0) is 6.54 Å². The number of nitrogens with zero attached hydrogens (tertiary/aromatic N) is 2. The van der Waals surface area contributed by atoms with Gasteiger partial charge in [-0.25, -0.2) is 9.38 Å². The van der Waals surface area contributed by atoms with Crippen molar-refractivity contribution in [3.05, 3.63) is 35.6 Å². The predicted molar refractivity (Wildman–Crippen MR) is 89.5 cm³/mol. The lowest BCUT2D eigenvalue weighted by Gasteiger charge is -2.24. The highest BCUT2D eigenvalue weighted by molar-refractivity contribution is 5.79. The molecule has 1 saturated heterocycles. The second-order valence-corrected chi connectivity index (χ2v) is 5.63. The van der Waals surface area contributed by atoms with Gasteiger partial charge in [0.25, 0.3) is 0 Å². The molecule has 1 fully saturated rings. The molecule has 122 valence electrons. The molecule has 0 amide bonds. The summed E-state index contributed by atoms with van der Waals surface area (Å²) in [4.78, 5) is 7.05. The van der Waals surface area contributed by atoms with Gasteiger partial charge in [0, 0.05) is 19.1 Å². The summed E-state index contributed by atoms with van der Waals surface area (Å²) in [7, 11) is 0. The van der Waals surface area contributed by atoms with E-state index < -0.39 is 0 Å². The van der Waals surface area contributed by atoms with E-state index in [4.69, 9.17) is 0 Å². The van der Waals surface area contributed by atoms with Crippen LogP contribution in [-0.4, -0.2) is 43.1 Å². The van der Waals surface area contributed by atoms with Gasteiger partial charge in [0.05, 0.1) is 6.54 Å². The molecule has 4 nitrogen and oxygen atoms in total. The topological polar surface area (TPSA) is 39.7 Å². The van der Waals surface area contributed by atoms with Gasteiger partial charge in [0.1, 0.15) is 5.82 Å². The van der Waals surface area contributed by atoms with E-state index in [2.05, 4.69) is 27.4 Å². The lowest BCUT2D eigenvalue weighted by atomic mass is 10.2. The molecule has 1 aliphatic heterocycles. The first-order valence-corrected chi connectivity index (χ1v) is 8.23. The Kier molecular flexibility index (Phi) is 6.65. The van der Waals surface area contributed by atoms with Crippen LogP contribution in [0.1, 0.15) is 32.3 Å². The molecule has 22 heavy (non-hydrogen) atoms. The fourth-order valence-corrected chi connectivity index (χ4v) is 2.90. The van der Waals surface area contributed by atoms with Gasteiger partial charge in [-0.15, -0.1) is 0 Å². The summed E-state index contributed by atoms with van der Waals surface area (Å²) in [6.45, 7) is 8.76. The molecule has 2 N–H and O–H groups in total. The number of likely N-dealkylation sites (tertiary alicyclic amines) is 1. The van der Waals surface area contributed by atoms with Crippen LogP contribution in [0.3, 0.4) is 0 Å². The maximum Gasteiger partial charge on any atom is 0.191 e. The lowest BCUT2D eigenvalue weighted by molar-refractivity contribution is 0.267. The van der Waals surface area contributed by atoms with Gasteiger partial charge in [-0.05, 0) is 50.6 Å². The van der Waals surface area contributed by atoms with Crippen molar-refractivity contribution in [2.75, 3.05) is 26.2 Å². The number of halogens is 1. The number of rotatable bonds is 6. The number of benzene rings is 1. The molecule has 0 radical (unpaired) electrons. The summed E-state index contributed by atoms with van der Waals surface area (Å²) in [6, 6.07) is 7.19. The van der Waals surface area contributed by atoms with Crippen molar-refractivity contribution in [2.45, 2.75) is 39.3 Å². The highest BCUT2D eigenvalue weighted by atomic mass is 19.1. The molecule has 1 unspecified atom stereocenters. The summed E-state index contributed by atoms with van der Waals surface area (Å²) >= 11 is 0. The first-order valence-electron chi connectivity index (χ1n) is 8.23. The average molecular weight is 306 g/mol. The third-order valence-corrected chi connectivity index (χ3v) is 4.06. The SMILES string of the molecule is CCNC(=NCc1cccc(F)c1)NCC1CCCN1CC. The number of aliphatic imine (C=N–C) groups is 1. The molecule has 5 heteroatoms. The Bertz CT molecular complexity index is 489. The van der Waals surface area contributed by atoms with Crippen molar-refractivity contribution < 1.29 is 4.39 Å². The predicted octanol–water partition coefficient (Wildman–Crippen LogP) is 2.37. The summed E-state index contributed by atoms with van der Waals surface area (Å²) in [5, 5.41) is 6.67. The minimum absolute atomic E-state index is 0.213. The number of hydrogen-bond acceptors (Lipinski definition) is 2. The molecular formula is C17H27FN4. The van der Waals surface area contributed by atoms with Crippen molar-refractivity contribution in [1.82, 2.24) is 15.5 Å². The largest absolute Gasteiger partial charge is 0.357 e. The standard InChI is InChI=1S/C17H27FN4/c1-3-19-17(20-12-14-7-5-8-15(18)11-14)21-13-16-9-6-10-22(16)4-2/h5,7-8,11,16H,3-4,6,9-10,12-13H2,1-2H3,(H2,19,20,21). The van der Waals surface area contributed by atoms with E-state index in [0.717, 1.165) is 31.2 Å². The van der Waals surface area contributed by atoms with E-state index in [0.29, 0.717) is 12.6 Å². The molecule has 1 atom stereocenters. The van der Waals surface area contributed by atoms with Crippen LogP contribution in [0.15, 0.2) is 29.3 Å². The van der Waals surface area contributed by atoms with Gasteiger partial charge in [-0.3, -0.25) is 4.90 Å². The van der Waals surface area contributed by atoms with E-state index in [1.54, 1.807) is 6.07 Å². The summed E-state index contributed by atoms with van der Waals surface area (Å²) < 4.78 is 13.2. The van der Waals surface area contributed by atoms with Crippen LogP contribution in [0.25, 0.3) is 0 Å². The molecule has 2 rings (SSSR count). The Hall–Kier alpha value is -1.62. The van der Waals surface area contributed by atoms with Gasteiger partial charge < -0.3 is 10.6 Å². The van der Waals surface area contributed by atoms with Crippen LogP contribution in [0.4, 0.5) is 4.39 Å². The van der Waals surface area contributed by atoms with Gasteiger partial charge in [0.2, 0.25) is 0 Å². The fraction of sp³-hybridized carbons (Fsp3) is 0.588. The van der Waals surface area contributed by atoms with Gasteiger partial charge in [-0.1, -0.05) is 19.1 Å². The van der Waals surface area contributed by atoms with Crippen LogP contribution in [0.2, 0.25) is 0 Å². The summed E-state index contributed by atoms with van der Waals surface area (Å²) in [5.74, 6) is 0.588. The third kappa shape index (κ3) is 4.98. The van der Waals surface area contributed by atoms with Crippen molar-refractivity contribution in [1.29, 1.82) is 0 Å². The Labute approximate surface area is 132 Å². The lowest BCUT2D eigenvalue weighted by Crippen LogP contribution is -2.44. The molecule has 1 aromatic rings. The quantitative estimate of drug-likeness (QED) is 0.626. The third-order valence-electron chi connectivity index (χ3n) is 4.06. The molecular weight excluding hydrogens is 279 g/mol. The smallest absolute Gasteiger partial charge is 0.191 e. The zero-order valence-corrected chi connectivity index (χ0v) is 13.6. The van der Waals surface area contributed by atoms with Crippen molar-refractivity contribution >= 4 is 5.96 Å². The van der Waals surface area contributed by atoms with E-state index in [-0.39, 0.29) is 5.82 Å². The van der Waals surface area contributed by atoms with Crippen molar-refractivity contribution in [3.63, 3.8) is 0 Å². The van der Waals surface area contributed by atoms with E-state index in [1.807, 2.05) is 13.0 Å². The highest BCUT2D eigenvalue weighted by Crippen LogP contribution is 2.15. The van der Waals surface area contributed by atoms with E-state index >= 15 is 0 Å². The van der Waals surface area contributed by atoms with E-state index in [9.17, 15) is 4.39 Å². The summed E-state index contributed by atoms with van der Waals surface area (Å²) in [6.07, 6.45) is 2.52. The first-order chi connectivity index (χ1) is 10.7. The fourth-order valence-electron chi connectivity index (χ4n) is 2.90. The number of likely N-dealkylation sites (N-methyl/N-ethyl adjacent to an activating group) is 1. The first kappa shape index (κ1) is 16.7. The molecule has 1 aromatic carbocycles. The maximum absolute atomic E-state index is 13.2. The Morgan fingerprint density at radius 3 is 2.95 bits per heavy atom. The Morgan fingerprint density at radius 1 is 1.36 bits per heavy atom. The Morgan fingerprint density at radius 2 is 2.23 bits per heavy atom. The minimum Gasteiger partial charge on any atom is -0.357 e. The van der Waals surface area contributed by atoms with Crippen LogP contribution in [0, 0.1) is 5.82 Å². The molecule has 0 aromatic heterocycles. The van der Waals surface area contributed by atoms with Crippen LogP contribution >= 0.6 is 0 Å². The monoisotopic (exact) mass is 306 g/mol. The molecule has 1 aliphatic rings. The van der Waals surface area contributed by atoms with Gasteiger partial charge >= 0.3 is 0 Å². The number of nitrogens with one attached hydrogen (secondary N) is 2. The number of guanidine groups is 1. The summed E-state index contributed by atoms with van der Waals surface area (Å²) in [5.41, 5.74) is 0.883. The molecule has 0 spiro atoms. The van der Waals surface area contributed by atoms with Crippen LogP contribution in [0.5, 0.6) is 0 Å². The second kappa shape index (κ2) is 8.73. The zero-order chi connectivity index (χ0) is 15.8. The molecule has 0 aliphatic carbocycles. The van der Waals surface area contributed by atoms with E-state index in [1.165, 1.54) is 31.5 Å². The number of hydrogen-bond donors (Lipinski definition) is 2. The maximum atomic E-state index is 13.2. The van der Waals surface area contributed by atoms with Gasteiger partial charge in [-0.2, -0.15) is 0 Å².